The molecule has 0 aromatic heterocycles. The van der Waals surface area contributed by atoms with Gasteiger partial charge in [0.1, 0.15) is 0 Å². The van der Waals surface area contributed by atoms with E-state index in [0.717, 1.165) is 32.6 Å². The Bertz CT molecular complexity index is 146. The van der Waals surface area contributed by atoms with Gasteiger partial charge >= 0.3 is 0 Å². The molecule has 0 saturated carbocycles. The predicted molar refractivity (Wildman–Crippen MR) is 54.1 cm³/mol. The van der Waals surface area contributed by atoms with Crippen LogP contribution in [0.3, 0.4) is 0 Å². The number of aliphatic hydroxyl groups is 1. The lowest BCUT2D eigenvalue weighted by Gasteiger charge is -2.27. The maximum Gasteiger partial charge on any atom is 0.158 e. The van der Waals surface area contributed by atoms with E-state index in [1.165, 1.54) is 0 Å². The lowest BCUT2D eigenvalue weighted by atomic mass is 10.3. The number of hydrogen-bond acceptors (Lipinski definition) is 4. The van der Waals surface area contributed by atoms with E-state index in [1.807, 2.05) is 14.0 Å². The summed E-state index contributed by atoms with van der Waals surface area (Å²) in [6.07, 6.45) is 1.83. The zero-order valence-electron chi connectivity index (χ0n) is 9.11. The van der Waals surface area contributed by atoms with Gasteiger partial charge in [0.25, 0.3) is 0 Å². The molecule has 1 fully saturated rings. The minimum Gasteiger partial charge on any atom is -0.395 e. The fourth-order valence-electron chi connectivity index (χ4n) is 1.37. The predicted octanol–water partition coefficient (Wildman–Crippen LogP) is 0.452. The summed E-state index contributed by atoms with van der Waals surface area (Å²) in [5.74, 6) is 0. The molecule has 0 amide bonds. The van der Waals surface area contributed by atoms with Crippen molar-refractivity contribution < 1.29 is 14.6 Å². The van der Waals surface area contributed by atoms with Crippen molar-refractivity contribution in [2.75, 3.05) is 33.4 Å². The van der Waals surface area contributed by atoms with Gasteiger partial charge in [-0.1, -0.05) is 0 Å². The number of ether oxygens (including phenoxy) is 2. The van der Waals surface area contributed by atoms with Crippen molar-refractivity contribution in [2.24, 2.45) is 0 Å². The summed E-state index contributed by atoms with van der Waals surface area (Å²) in [5, 5.41) is 8.94. The van der Waals surface area contributed by atoms with Crippen molar-refractivity contribution in [3.8, 4) is 0 Å². The van der Waals surface area contributed by atoms with Gasteiger partial charge in [-0.25, -0.2) is 0 Å². The van der Waals surface area contributed by atoms with Gasteiger partial charge < -0.3 is 19.5 Å². The Balaban J connectivity index is 2.12. The van der Waals surface area contributed by atoms with Crippen molar-refractivity contribution in [1.29, 1.82) is 0 Å². The van der Waals surface area contributed by atoms with Gasteiger partial charge in [0.2, 0.25) is 0 Å². The van der Waals surface area contributed by atoms with Crippen molar-refractivity contribution in [3.63, 3.8) is 0 Å². The lowest BCUT2D eigenvalue weighted by Crippen LogP contribution is -2.36. The Morgan fingerprint density at radius 1 is 1.43 bits per heavy atom. The first-order chi connectivity index (χ1) is 6.74. The van der Waals surface area contributed by atoms with E-state index in [4.69, 9.17) is 14.6 Å². The Labute approximate surface area is 85.8 Å². The molecule has 4 nitrogen and oxygen atoms in total. The molecule has 1 aliphatic rings. The fourth-order valence-corrected chi connectivity index (χ4v) is 1.37. The van der Waals surface area contributed by atoms with E-state index in [2.05, 4.69) is 4.90 Å². The SMILES string of the molecule is CC(CO)N(C)CCC1OCCCO1. The van der Waals surface area contributed by atoms with Crippen LogP contribution in [0.15, 0.2) is 0 Å². The number of rotatable bonds is 5. The minimum absolute atomic E-state index is 0.0444. The summed E-state index contributed by atoms with van der Waals surface area (Å²) in [7, 11) is 2.00. The lowest BCUT2D eigenvalue weighted by molar-refractivity contribution is -0.182. The smallest absolute Gasteiger partial charge is 0.158 e. The molecular formula is C10H21NO3. The monoisotopic (exact) mass is 203 g/mol. The molecule has 0 spiro atoms. The Hall–Kier alpha value is -0.160. The summed E-state index contributed by atoms with van der Waals surface area (Å²) in [6.45, 7) is 4.71. The van der Waals surface area contributed by atoms with Gasteiger partial charge in [-0.2, -0.15) is 0 Å². The number of nitrogens with zero attached hydrogens (tertiary/aromatic N) is 1. The van der Waals surface area contributed by atoms with Crippen molar-refractivity contribution in [1.82, 2.24) is 4.90 Å². The average molecular weight is 203 g/mol. The number of likely N-dealkylation sites (N-methyl/N-ethyl adjacent to an activating group) is 1. The first-order valence-electron chi connectivity index (χ1n) is 5.28. The zero-order valence-corrected chi connectivity index (χ0v) is 9.11. The molecule has 1 atom stereocenters. The van der Waals surface area contributed by atoms with Crippen LogP contribution in [-0.4, -0.2) is 55.8 Å². The summed E-state index contributed by atoms with van der Waals surface area (Å²) < 4.78 is 10.9. The second-order valence-corrected chi connectivity index (χ2v) is 3.83. The molecule has 14 heavy (non-hydrogen) atoms. The van der Waals surface area contributed by atoms with Crippen LogP contribution in [0.5, 0.6) is 0 Å². The summed E-state index contributed by atoms with van der Waals surface area (Å²) in [4.78, 5) is 2.11. The molecule has 0 aliphatic carbocycles. The minimum atomic E-state index is -0.0444. The van der Waals surface area contributed by atoms with Gasteiger partial charge in [0.15, 0.2) is 6.29 Å². The third-order valence-corrected chi connectivity index (χ3v) is 2.63. The van der Waals surface area contributed by atoms with Crippen LogP contribution < -0.4 is 0 Å². The van der Waals surface area contributed by atoms with Gasteiger partial charge in [-0.15, -0.1) is 0 Å². The third kappa shape index (κ3) is 3.92. The Morgan fingerprint density at radius 3 is 2.64 bits per heavy atom. The van der Waals surface area contributed by atoms with Crippen LogP contribution in [0.1, 0.15) is 19.8 Å². The van der Waals surface area contributed by atoms with Gasteiger partial charge in [0, 0.05) is 19.0 Å². The van der Waals surface area contributed by atoms with E-state index in [-0.39, 0.29) is 18.9 Å². The molecule has 1 N–H and O–H groups in total. The maximum atomic E-state index is 8.94. The molecule has 0 aromatic rings. The highest BCUT2D eigenvalue weighted by Crippen LogP contribution is 2.09. The van der Waals surface area contributed by atoms with E-state index in [9.17, 15) is 0 Å². The molecule has 1 heterocycles. The van der Waals surface area contributed by atoms with Crippen molar-refractivity contribution in [3.05, 3.63) is 0 Å². The molecule has 84 valence electrons. The molecule has 1 saturated heterocycles. The molecule has 0 aromatic carbocycles. The highest BCUT2D eigenvalue weighted by Gasteiger charge is 2.16. The topological polar surface area (TPSA) is 41.9 Å². The number of aliphatic hydroxyl groups excluding tert-OH is 1. The molecular weight excluding hydrogens is 182 g/mol. The molecule has 4 heteroatoms. The normalized spacial score (nSPS) is 21.4. The average Bonchev–Trinajstić information content (AvgIpc) is 2.26. The highest BCUT2D eigenvalue weighted by molar-refractivity contribution is 4.63. The molecule has 0 radical (unpaired) electrons. The molecule has 0 bridgehead atoms. The van der Waals surface area contributed by atoms with E-state index < -0.39 is 0 Å². The van der Waals surface area contributed by atoms with Crippen LogP contribution in [0.4, 0.5) is 0 Å². The largest absolute Gasteiger partial charge is 0.395 e. The van der Waals surface area contributed by atoms with E-state index in [1.54, 1.807) is 0 Å². The van der Waals surface area contributed by atoms with Crippen LogP contribution in [0.2, 0.25) is 0 Å². The standard InChI is InChI=1S/C10H21NO3/c1-9(8-12)11(2)5-4-10-13-6-3-7-14-10/h9-10,12H,3-8H2,1-2H3. The third-order valence-electron chi connectivity index (χ3n) is 2.63. The maximum absolute atomic E-state index is 8.94. The van der Waals surface area contributed by atoms with Crippen LogP contribution >= 0.6 is 0 Å². The first-order valence-corrected chi connectivity index (χ1v) is 5.28. The van der Waals surface area contributed by atoms with Crippen LogP contribution in [0, 0.1) is 0 Å². The van der Waals surface area contributed by atoms with Crippen molar-refractivity contribution >= 4 is 0 Å². The second-order valence-electron chi connectivity index (χ2n) is 3.83. The molecule has 1 rings (SSSR count). The van der Waals surface area contributed by atoms with Gasteiger partial charge in [-0.05, 0) is 20.4 Å². The second kappa shape index (κ2) is 6.35. The van der Waals surface area contributed by atoms with E-state index >= 15 is 0 Å². The molecule has 1 unspecified atom stereocenters. The summed E-state index contributed by atoms with van der Waals surface area (Å²) >= 11 is 0. The van der Waals surface area contributed by atoms with Gasteiger partial charge in [-0.3, -0.25) is 0 Å². The van der Waals surface area contributed by atoms with Gasteiger partial charge in [0.05, 0.1) is 19.8 Å². The fraction of sp³-hybridized carbons (Fsp3) is 1.00. The van der Waals surface area contributed by atoms with Crippen LogP contribution in [-0.2, 0) is 9.47 Å². The molecule has 1 aliphatic heterocycles. The van der Waals surface area contributed by atoms with Crippen LogP contribution in [0.25, 0.3) is 0 Å². The summed E-state index contributed by atoms with van der Waals surface area (Å²) in [6, 6.07) is 0.207. The Kier molecular flexibility index (Phi) is 5.40. The summed E-state index contributed by atoms with van der Waals surface area (Å²) in [5.41, 5.74) is 0. The number of hydrogen-bond donors (Lipinski definition) is 1. The quantitative estimate of drug-likeness (QED) is 0.704. The van der Waals surface area contributed by atoms with Crippen molar-refractivity contribution in [2.45, 2.75) is 32.1 Å². The van der Waals surface area contributed by atoms with E-state index in [0.29, 0.717) is 0 Å². The highest BCUT2D eigenvalue weighted by atomic mass is 16.7. The Morgan fingerprint density at radius 2 is 2.07 bits per heavy atom. The zero-order chi connectivity index (χ0) is 10.4. The first kappa shape index (κ1) is 11.9.